The Morgan fingerprint density at radius 1 is 1.32 bits per heavy atom. The average molecular weight is 274 g/mol. The fourth-order valence-electron chi connectivity index (χ4n) is 1.57. The molecule has 0 saturated heterocycles. The van der Waals surface area contributed by atoms with Crippen LogP contribution in [0.2, 0.25) is 0 Å². The molecule has 0 saturated carbocycles. The number of nitrogens with two attached hydrogens (primary N) is 1. The molecule has 0 aliphatic rings. The van der Waals surface area contributed by atoms with Crippen LogP contribution in [0.4, 0.5) is 18.9 Å². The fourth-order valence-corrected chi connectivity index (χ4v) is 1.57. The molecule has 0 atom stereocenters. The van der Waals surface area contributed by atoms with Crippen LogP contribution in [0.15, 0.2) is 18.2 Å². The summed E-state index contributed by atoms with van der Waals surface area (Å²) in [5, 5.41) is 2.58. The molecule has 3 nitrogen and oxygen atoms in total. The summed E-state index contributed by atoms with van der Waals surface area (Å²) in [6.45, 7) is 2.02. The number of alkyl halides is 3. The van der Waals surface area contributed by atoms with Crippen LogP contribution >= 0.6 is 0 Å². The van der Waals surface area contributed by atoms with Gasteiger partial charge in [0.05, 0.1) is 0 Å². The smallest absolute Gasteiger partial charge is 0.389 e. The summed E-state index contributed by atoms with van der Waals surface area (Å²) in [7, 11) is 0. The summed E-state index contributed by atoms with van der Waals surface area (Å²) in [4.78, 5) is 11.7. The van der Waals surface area contributed by atoms with Crippen molar-refractivity contribution in [2.24, 2.45) is 0 Å². The van der Waals surface area contributed by atoms with Gasteiger partial charge in [0.2, 0.25) is 0 Å². The summed E-state index contributed by atoms with van der Waals surface area (Å²) < 4.78 is 35.7. The van der Waals surface area contributed by atoms with Crippen molar-refractivity contribution in [2.45, 2.75) is 32.4 Å². The number of nitrogen functional groups attached to an aromatic ring is 1. The van der Waals surface area contributed by atoms with Gasteiger partial charge in [0.15, 0.2) is 0 Å². The Bertz CT molecular complexity index is 444. The third-order valence-corrected chi connectivity index (χ3v) is 2.70. The van der Waals surface area contributed by atoms with Crippen molar-refractivity contribution in [1.29, 1.82) is 0 Å². The quantitative estimate of drug-likeness (QED) is 0.640. The highest BCUT2D eigenvalue weighted by Crippen LogP contribution is 2.21. The van der Waals surface area contributed by atoms with Crippen LogP contribution in [0.25, 0.3) is 0 Å². The Balaban J connectivity index is 2.33. The van der Waals surface area contributed by atoms with Crippen molar-refractivity contribution in [2.75, 3.05) is 12.3 Å². The Morgan fingerprint density at radius 3 is 2.58 bits per heavy atom. The monoisotopic (exact) mass is 274 g/mol. The SMILES string of the molecule is Cc1cc(C(=O)NCCCCC(F)(F)F)ccc1N. The molecule has 19 heavy (non-hydrogen) atoms. The fraction of sp³-hybridized carbons (Fsp3) is 0.462. The van der Waals surface area contributed by atoms with E-state index >= 15 is 0 Å². The lowest BCUT2D eigenvalue weighted by atomic mass is 10.1. The van der Waals surface area contributed by atoms with Crippen LogP contribution < -0.4 is 11.1 Å². The van der Waals surface area contributed by atoms with Gasteiger partial charge in [-0.25, -0.2) is 0 Å². The van der Waals surface area contributed by atoms with E-state index in [-0.39, 0.29) is 18.9 Å². The number of benzene rings is 1. The minimum absolute atomic E-state index is 0.0184. The highest BCUT2D eigenvalue weighted by molar-refractivity contribution is 5.94. The van der Waals surface area contributed by atoms with E-state index in [1.807, 2.05) is 0 Å². The van der Waals surface area contributed by atoms with E-state index in [9.17, 15) is 18.0 Å². The largest absolute Gasteiger partial charge is 0.399 e. The van der Waals surface area contributed by atoms with Crippen LogP contribution in [0, 0.1) is 6.92 Å². The third kappa shape index (κ3) is 5.63. The zero-order valence-corrected chi connectivity index (χ0v) is 10.7. The van der Waals surface area contributed by atoms with Gasteiger partial charge in [0.1, 0.15) is 0 Å². The molecule has 0 aliphatic carbocycles. The number of hydrogen-bond acceptors (Lipinski definition) is 2. The van der Waals surface area contributed by atoms with Crippen molar-refractivity contribution >= 4 is 11.6 Å². The first-order valence-electron chi connectivity index (χ1n) is 6.00. The van der Waals surface area contributed by atoms with E-state index in [4.69, 9.17) is 5.73 Å². The molecule has 0 aliphatic heterocycles. The number of carbonyl (C=O) groups is 1. The number of unbranched alkanes of at least 4 members (excludes halogenated alkanes) is 1. The van der Waals surface area contributed by atoms with E-state index in [2.05, 4.69) is 5.32 Å². The molecule has 0 heterocycles. The van der Waals surface area contributed by atoms with E-state index in [1.165, 1.54) is 0 Å². The first-order valence-corrected chi connectivity index (χ1v) is 6.00. The van der Waals surface area contributed by atoms with Crippen LogP contribution in [-0.2, 0) is 0 Å². The summed E-state index contributed by atoms with van der Waals surface area (Å²) in [6.07, 6.45) is -4.62. The van der Waals surface area contributed by atoms with Crippen LogP contribution in [-0.4, -0.2) is 18.6 Å². The van der Waals surface area contributed by atoms with Gasteiger partial charge in [-0.2, -0.15) is 13.2 Å². The number of halogens is 3. The lowest BCUT2D eigenvalue weighted by molar-refractivity contribution is -0.135. The van der Waals surface area contributed by atoms with Gasteiger partial charge in [-0.1, -0.05) is 0 Å². The zero-order valence-electron chi connectivity index (χ0n) is 10.7. The van der Waals surface area contributed by atoms with Crippen molar-refractivity contribution in [1.82, 2.24) is 5.32 Å². The molecule has 1 aromatic rings. The Hall–Kier alpha value is -1.72. The maximum absolute atomic E-state index is 11.9. The van der Waals surface area contributed by atoms with Crippen molar-refractivity contribution in [3.8, 4) is 0 Å². The molecular weight excluding hydrogens is 257 g/mol. The molecule has 0 unspecified atom stereocenters. The third-order valence-electron chi connectivity index (χ3n) is 2.70. The molecule has 0 aromatic heterocycles. The maximum atomic E-state index is 11.9. The first kappa shape index (κ1) is 15.3. The number of anilines is 1. The van der Waals surface area contributed by atoms with E-state index in [0.717, 1.165) is 5.56 Å². The van der Waals surface area contributed by atoms with E-state index in [1.54, 1.807) is 25.1 Å². The molecule has 3 N–H and O–H groups in total. The minimum atomic E-state index is -4.13. The van der Waals surface area contributed by atoms with E-state index < -0.39 is 12.6 Å². The second kappa shape index (κ2) is 6.45. The summed E-state index contributed by atoms with van der Waals surface area (Å²) in [5.74, 6) is -0.296. The Kier molecular flexibility index (Phi) is 5.20. The predicted octanol–water partition coefficient (Wildman–Crippen LogP) is 3.04. The number of carbonyl (C=O) groups excluding carboxylic acids is 1. The molecule has 6 heteroatoms. The number of aryl methyl sites for hydroxylation is 1. The second-order valence-electron chi connectivity index (χ2n) is 4.40. The first-order chi connectivity index (χ1) is 8.79. The summed E-state index contributed by atoms with van der Waals surface area (Å²) >= 11 is 0. The summed E-state index contributed by atoms with van der Waals surface area (Å²) in [6, 6.07) is 4.88. The molecule has 0 fully saturated rings. The van der Waals surface area contributed by atoms with E-state index in [0.29, 0.717) is 17.7 Å². The molecule has 0 bridgehead atoms. The highest BCUT2D eigenvalue weighted by atomic mass is 19.4. The zero-order chi connectivity index (χ0) is 14.5. The number of nitrogens with one attached hydrogen (secondary N) is 1. The van der Waals surface area contributed by atoms with Crippen LogP contribution in [0.5, 0.6) is 0 Å². The predicted molar refractivity (Wildman–Crippen MR) is 67.8 cm³/mol. The van der Waals surface area contributed by atoms with Gasteiger partial charge in [0, 0.05) is 24.2 Å². The van der Waals surface area contributed by atoms with Crippen LogP contribution in [0.3, 0.4) is 0 Å². The van der Waals surface area contributed by atoms with Crippen molar-refractivity contribution in [3.63, 3.8) is 0 Å². The Morgan fingerprint density at radius 2 is 2.00 bits per heavy atom. The number of rotatable bonds is 5. The molecule has 1 rings (SSSR count). The normalized spacial score (nSPS) is 11.4. The minimum Gasteiger partial charge on any atom is -0.399 e. The average Bonchev–Trinajstić information content (AvgIpc) is 2.30. The number of amides is 1. The molecule has 106 valence electrons. The van der Waals surface area contributed by atoms with Gasteiger partial charge in [-0.05, 0) is 43.5 Å². The van der Waals surface area contributed by atoms with Gasteiger partial charge in [0.25, 0.3) is 5.91 Å². The van der Waals surface area contributed by atoms with Gasteiger partial charge >= 0.3 is 6.18 Å². The maximum Gasteiger partial charge on any atom is 0.389 e. The lowest BCUT2D eigenvalue weighted by Gasteiger charge is -2.08. The van der Waals surface area contributed by atoms with Crippen LogP contribution in [0.1, 0.15) is 35.2 Å². The molecular formula is C13H17F3N2O. The second-order valence-corrected chi connectivity index (χ2v) is 4.40. The van der Waals surface area contributed by atoms with Crippen molar-refractivity contribution in [3.05, 3.63) is 29.3 Å². The Labute approximate surface area is 110 Å². The topological polar surface area (TPSA) is 55.1 Å². The molecule has 0 radical (unpaired) electrons. The van der Waals surface area contributed by atoms with Gasteiger partial charge in [-0.3, -0.25) is 4.79 Å². The van der Waals surface area contributed by atoms with Gasteiger partial charge < -0.3 is 11.1 Å². The lowest BCUT2D eigenvalue weighted by Crippen LogP contribution is -2.24. The van der Waals surface area contributed by atoms with Gasteiger partial charge in [-0.15, -0.1) is 0 Å². The molecule has 1 amide bonds. The standard InChI is InChI=1S/C13H17F3N2O/c1-9-8-10(4-5-11(9)17)12(19)18-7-3-2-6-13(14,15)16/h4-5,8H,2-3,6-7,17H2,1H3,(H,18,19). The highest BCUT2D eigenvalue weighted by Gasteiger charge is 2.25. The number of hydrogen-bond donors (Lipinski definition) is 2. The molecule has 1 aromatic carbocycles. The molecule has 0 spiro atoms. The summed E-state index contributed by atoms with van der Waals surface area (Å²) in [5.41, 5.74) is 7.49. The van der Waals surface area contributed by atoms with Crippen molar-refractivity contribution < 1.29 is 18.0 Å².